The van der Waals surface area contributed by atoms with Crippen LogP contribution in [-0.2, 0) is 11.3 Å². The molecular formula is C13H15FN2O2. The maximum atomic E-state index is 12.9. The molecule has 18 heavy (non-hydrogen) atoms. The van der Waals surface area contributed by atoms with Crippen LogP contribution in [0.3, 0.4) is 0 Å². The molecule has 4 nitrogen and oxygen atoms in total. The minimum atomic E-state index is -0.919. The molecule has 0 spiro atoms. The van der Waals surface area contributed by atoms with Crippen molar-refractivity contribution in [2.24, 2.45) is 0 Å². The van der Waals surface area contributed by atoms with E-state index in [1.54, 1.807) is 0 Å². The predicted molar refractivity (Wildman–Crippen MR) is 64.3 cm³/mol. The van der Waals surface area contributed by atoms with Gasteiger partial charge < -0.3 is 10.4 Å². The molecule has 1 unspecified atom stereocenters. The maximum absolute atomic E-state index is 12.9. The molecule has 0 aliphatic rings. The number of aliphatic carboxylic acids is 1. The van der Waals surface area contributed by atoms with Crippen LogP contribution >= 0.6 is 0 Å². The Hall–Kier alpha value is -1.93. The van der Waals surface area contributed by atoms with Crippen molar-refractivity contribution in [3.63, 3.8) is 0 Å². The van der Waals surface area contributed by atoms with Crippen LogP contribution in [0.25, 0.3) is 0 Å². The molecule has 2 N–H and O–H groups in total. The van der Waals surface area contributed by atoms with Crippen LogP contribution in [0.15, 0.2) is 18.2 Å². The van der Waals surface area contributed by atoms with Crippen LogP contribution in [-0.4, -0.2) is 17.1 Å². The van der Waals surface area contributed by atoms with E-state index in [2.05, 4.69) is 5.32 Å². The van der Waals surface area contributed by atoms with Gasteiger partial charge in [0.2, 0.25) is 0 Å². The van der Waals surface area contributed by atoms with Crippen molar-refractivity contribution in [1.29, 1.82) is 5.26 Å². The van der Waals surface area contributed by atoms with E-state index in [4.69, 9.17) is 10.4 Å². The van der Waals surface area contributed by atoms with Crippen molar-refractivity contribution in [2.45, 2.75) is 32.4 Å². The molecule has 1 atom stereocenters. The third-order valence-corrected chi connectivity index (χ3v) is 2.61. The van der Waals surface area contributed by atoms with Gasteiger partial charge in [0, 0.05) is 6.54 Å². The van der Waals surface area contributed by atoms with E-state index in [1.807, 2.05) is 13.0 Å². The fourth-order valence-electron chi connectivity index (χ4n) is 1.64. The molecule has 0 amide bonds. The molecule has 0 fully saturated rings. The molecule has 0 aliphatic carbocycles. The number of nitriles is 1. The van der Waals surface area contributed by atoms with Gasteiger partial charge in [-0.1, -0.05) is 19.4 Å². The highest BCUT2D eigenvalue weighted by molar-refractivity contribution is 5.73. The summed E-state index contributed by atoms with van der Waals surface area (Å²) < 4.78 is 12.9. The zero-order valence-corrected chi connectivity index (χ0v) is 10.1. The first-order valence-corrected chi connectivity index (χ1v) is 5.73. The lowest BCUT2D eigenvalue weighted by molar-refractivity contribution is -0.139. The van der Waals surface area contributed by atoms with E-state index in [9.17, 15) is 9.18 Å². The summed E-state index contributed by atoms with van der Waals surface area (Å²) in [5.74, 6) is -1.39. The topological polar surface area (TPSA) is 73.1 Å². The van der Waals surface area contributed by atoms with E-state index in [0.29, 0.717) is 12.0 Å². The SMILES string of the molecule is CCCC(NCc1ccc(F)cc1C#N)C(=O)O. The zero-order valence-electron chi connectivity index (χ0n) is 10.1. The number of carbonyl (C=O) groups is 1. The molecule has 0 saturated carbocycles. The number of halogens is 1. The maximum Gasteiger partial charge on any atom is 0.320 e. The van der Waals surface area contributed by atoms with Gasteiger partial charge in [-0.25, -0.2) is 4.39 Å². The zero-order chi connectivity index (χ0) is 13.5. The predicted octanol–water partition coefficient (Wildman–Crippen LogP) is 2.04. The summed E-state index contributed by atoms with van der Waals surface area (Å²) >= 11 is 0. The second-order valence-corrected chi connectivity index (χ2v) is 3.97. The van der Waals surface area contributed by atoms with Crippen LogP contribution in [0.5, 0.6) is 0 Å². The fraction of sp³-hybridized carbons (Fsp3) is 0.385. The summed E-state index contributed by atoms with van der Waals surface area (Å²) in [5, 5.41) is 20.7. The Labute approximate surface area is 105 Å². The average Bonchev–Trinajstić information content (AvgIpc) is 2.35. The van der Waals surface area contributed by atoms with Crippen LogP contribution in [0.1, 0.15) is 30.9 Å². The number of carboxylic acid groups (broad SMARTS) is 1. The van der Waals surface area contributed by atoms with Crippen molar-refractivity contribution in [1.82, 2.24) is 5.32 Å². The van der Waals surface area contributed by atoms with Crippen LogP contribution in [0, 0.1) is 17.1 Å². The molecule has 5 heteroatoms. The Morgan fingerprint density at radius 1 is 1.61 bits per heavy atom. The highest BCUT2D eigenvalue weighted by Crippen LogP contribution is 2.11. The number of nitrogens with zero attached hydrogens (tertiary/aromatic N) is 1. The summed E-state index contributed by atoms with van der Waals surface area (Å²) in [4.78, 5) is 10.9. The van der Waals surface area contributed by atoms with Crippen molar-refractivity contribution in [3.05, 3.63) is 35.1 Å². The third-order valence-electron chi connectivity index (χ3n) is 2.61. The van der Waals surface area contributed by atoms with Gasteiger partial charge in [-0.2, -0.15) is 5.26 Å². The molecular weight excluding hydrogens is 235 g/mol. The molecule has 0 aliphatic heterocycles. The van der Waals surface area contributed by atoms with Gasteiger partial charge in [0.25, 0.3) is 0 Å². The quantitative estimate of drug-likeness (QED) is 0.810. The van der Waals surface area contributed by atoms with Crippen LogP contribution in [0.2, 0.25) is 0 Å². The van der Waals surface area contributed by atoms with Gasteiger partial charge in [-0.3, -0.25) is 4.79 Å². The van der Waals surface area contributed by atoms with Crippen molar-refractivity contribution < 1.29 is 14.3 Å². The molecule has 1 aromatic rings. The Kier molecular flexibility index (Phi) is 5.28. The van der Waals surface area contributed by atoms with Gasteiger partial charge >= 0.3 is 5.97 Å². The van der Waals surface area contributed by atoms with Crippen LogP contribution < -0.4 is 5.32 Å². The molecule has 0 heterocycles. The Morgan fingerprint density at radius 3 is 2.89 bits per heavy atom. The first-order valence-electron chi connectivity index (χ1n) is 5.73. The second-order valence-electron chi connectivity index (χ2n) is 3.97. The summed E-state index contributed by atoms with van der Waals surface area (Å²) in [6.45, 7) is 2.14. The molecule has 96 valence electrons. The minimum Gasteiger partial charge on any atom is -0.480 e. The summed E-state index contributed by atoms with van der Waals surface area (Å²) in [6.07, 6.45) is 1.26. The fourth-order valence-corrected chi connectivity index (χ4v) is 1.64. The van der Waals surface area contributed by atoms with Crippen molar-refractivity contribution in [2.75, 3.05) is 0 Å². The van der Waals surface area contributed by atoms with Gasteiger partial charge in [0.15, 0.2) is 0 Å². The Morgan fingerprint density at radius 2 is 2.33 bits per heavy atom. The molecule has 0 aromatic heterocycles. The van der Waals surface area contributed by atoms with E-state index < -0.39 is 17.8 Å². The third kappa shape index (κ3) is 3.82. The summed E-state index contributed by atoms with van der Waals surface area (Å²) in [7, 11) is 0. The smallest absolute Gasteiger partial charge is 0.320 e. The van der Waals surface area contributed by atoms with Crippen molar-refractivity contribution >= 4 is 5.97 Å². The Bertz CT molecular complexity index is 469. The van der Waals surface area contributed by atoms with E-state index in [-0.39, 0.29) is 12.1 Å². The largest absolute Gasteiger partial charge is 0.480 e. The van der Waals surface area contributed by atoms with Gasteiger partial charge in [-0.05, 0) is 24.1 Å². The van der Waals surface area contributed by atoms with E-state index in [0.717, 1.165) is 12.5 Å². The molecule has 0 bridgehead atoms. The minimum absolute atomic E-state index is 0.225. The lowest BCUT2D eigenvalue weighted by Gasteiger charge is -2.14. The average molecular weight is 250 g/mol. The first-order chi connectivity index (χ1) is 8.58. The molecule has 1 aromatic carbocycles. The highest BCUT2D eigenvalue weighted by Gasteiger charge is 2.15. The number of rotatable bonds is 6. The molecule has 0 radical (unpaired) electrons. The van der Waals surface area contributed by atoms with E-state index in [1.165, 1.54) is 12.1 Å². The van der Waals surface area contributed by atoms with Crippen LogP contribution in [0.4, 0.5) is 4.39 Å². The van der Waals surface area contributed by atoms with Gasteiger partial charge in [0.05, 0.1) is 11.6 Å². The normalized spacial score (nSPS) is 11.8. The summed E-state index contributed by atoms with van der Waals surface area (Å²) in [6, 6.07) is 5.14. The number of hydrogen-bond donors (Lipinski definition) is 2. The van der Waals surface area contributed by atoms with Gasteiger partial charge in [0.1, 0.15) is 11.9 Å². The number of hydrogen-bond acceptors (Lipinski definition) is 3. The lowest BCUT2D eigenvalue weighted by Crippen LogP contribution is -2.36. The monoisotopic (exact) mass is 250 g/mol. The molecule has 0 saturated heterocycles. The Balaban J connectivity index is 2.73. The lowest BCUT2D eigenvalue weighted by atomic mass is 10.1. The van der Waals surface area contributed by atoms with E-state index >= 15 is 0 Å². The summed E-state index contributed by atoms with van der Waals surface area (Å²) in [5.41, 5.74) is 0.824. The molecule has 1 rings (SSSR count). The van der Waals surface area contributed by atoms with Gasteiger partial charge in [-0.15, -0.1) is 0 Å². The number of carboxylic acids is 1. The second kappa shape index (κ2) is 6.72. The number of benzene rings is 1. The standard InChI is InChI=1S/C13H15FN2O2/c1-2-3-12(13(17)18)16-8-9-4-5-11(14)6-10(9)7-15/h4-6,12,16H,2-3,8H2,1H3,(H,17,18). The first kappa shape index (κ1) is 14.1. The van der Waals surface area contributed by atoms with Crippen molar-refractivity contribution in [3.8, 4) is 6.07 Å². The highest BCUT2D eigenvalue weighted by atomic mass is 19.1. The number of nitrogens with one attached hydrogen (secondary N) is 1.